The lowest BCUT2D eigenvalue weighted by atomic mass is 9.96. The summed E-state index contributed by atoms with van der Waals surface area (Å²) in [5.41, 5.74) is 3.77. The number of benzene rings is 1. The van der Waals surface area contributed by atoms with Crippen LogP contribution in [0, 0.1) is 11.3 Å². The minimum atomic E-state index is -1.13. The van der Waals surface area contributed by atoms with E-state index in [1.165, 1.54) is 0 Å². The highest BCUT2D eigenvalue weighted by molar-refractivity contribution is 6.76. The molecule has 1 aromatic carbocycles. The number of hydrogen-bond acceptors (Lipinski definition) is 6. The number of ether oxygens (including phenoxy) is 1. The number of aliphatic imine (C=N–C) groups is 1. The minimum absolute atomic E-state index is 0.0737. The lowest BCUT2D eigenvalue weighted by molar-refractivity contribution is 0.0492. The number of rotatable bonds is 7. The third-order valence-corrected chi connectivity index (χ3v) is 8.65. The van der Waals surface area contributed by atoms with E-state index in [1.807, 2.05) is 36.5 Å². The highest BCUT2D eigenvalue weighted by Gasteiger charge is 2.40. The van der Waals surface area contributed by atoms with Gasteiger partial charge in [-0.1, -0.05) is 43.9 Å². The molecule has 3 aliphatic rings. The van der Waals surface area contributed by atoms with Gasteiger partial charge in [0.1, 0.15) is 18.4 Å². The van der Waals surface area contributed by atoms with Crippen LogP contribution in [0.4, 0.5) is 0 Å². The molecule has 1 N–H and O–H groups in total. The summed E-state index contributed by atoms with van der Waals surface area (Å²) in [6, 6.07) is 15.0. The van der Waals surface area contributed by atoms with Crippen molar-refractivity contribution in [1.82, 2.24) is 14.8 Å². The molecule has 35 heavy (non-hydrogen) atoms. The summed E-state index contributed by atoms with van der Waals surface area (Å²) in [7, 11) is -1.13. The second-order valence-corrected chi connectivity index (χ2v) is 16.3. The maximum Gasteiger partial charge on any atom is 0.251 e. The fourth-order valence-corrected chi connectivity index (χ4v) is 5.70. The maximum absolute atomic E-state index is 13.0. The molecule has 0 fully saturated rings. The molecule has 1 aliphatic carbocycles. The van der Waals surface area contributed by atoms with Gasteiger partial charge in [-0.3, -0.25) is 9.36 Å². The quantitative estimate of drug-likeness (QED) is 0.478. The van der Waals surface area contributed by atoms with Crippen LogP contribution in [0.15, 0.2) is 70.2 Å². The Kier molecular flexibility index (Phi) is 5.99. The van der Waals surface area contributed by atoms with Gasteiger partial charge in [0.25, 0.3) is 5.56 Å². The van der Waals surface area contributed by atoms with E-state index in [-0.39, 0.29) is 11.7 Å². The zero-order valence-corrected chi connectivity index (χ0v) is 21.5. The number of pyridine rings is 1. The van der Waals surface area contributed by atoms with E-state index in [4.69, 9.17) is 4.74 Å². The Morgan fingerprint density at radius 1 is 1.20 bits per heavy atom. The highest BCUT2D eigenvalue weighted by atomic mass is 28.3. The Labute approximate surface area is 207 Å². The van der Waals surface area contributed by atoms with Gasteiger partial charge in [-0.25, -0.2) is 4.99 Å². The summed E-state index contributed by atoms with van der Waals surface area (Å²) in [5.74, 6) is 0. The Morgan fingerprint density at radius 2 is 1.94 bits per heavy atom. The van der Waals surface area contributed by atoms with E-state index < -0.39 is 13.6 Å². The van der Waals surface area contributed by atoms with E-state index in [1.54, 1.807) is 29.2 Å². The molecule has 1 aromatic heterocycles. The molecule has 8 heteroatoms. The zero-order valence-electron chi connectivity index (χ0n) is 20.5. The average Bonchev–Trinajstić information content (AvgIpc) is 3.43. The second kappa shape index (κ2) is 8.99. The first-order valence-electron chi connectivity index (χ1n) is 12.1. The first kappa shape index (κ1) is 23.3. The summed E-state index contributed by atoms with van der Waals surface area (Å²) in [6.45, 7) is 8.30. The monoisotopic (exact) mass is 485 g/mol. The first-order chi connectivity index (χ1) is 16.8. The third-order valence-electron chi connectivity index (χ3n) is 6.95. The topological polar surface area (TPSA) is 82.7 Å². The Bertz CT molecular complexity index is 1300. The zero-order chi connectivity index (χ0) is 24.6. The largest absolute Gasteiger partial charge is 0.361 e. The van der Waals surface area contributed by atoms with Gasteiger partial charge in [0.05, 0.1) is 18.1 Å². The van der Waals surface area contributed by atoms with Crippen molar-refractivity contribution in [3.63, 3.8) is 0 Å². The van der Waals surface area contributed by atoms with Gasteiger partial charge in [-0.05, 0) is 29.3 Å². The van der Waals surface area contributed by atoms with Crippen molar-refractivity contribution >= 4 is 20.1 Å². The number of nitrogens with one attached hydrogen (secondary N) is 1. The van der Waals surface area contributed by atoms with E-state index in [0.29, 0.717) is 19.6 Å². The van der Waals surface area contributed by atoms with Crippen molar-refractivity contribution in [1.29, 1.82) is 5.26 Å². The van der Waals surface area contributed by atoms with Gasteiger partial charge in [0.15, 0.2) is 0 Å². The van der Waals surface area contributed by atoms with Crippen LogP contribution in [0.3, 0.4) is 0 Å². The lowest BCUT2D eigenvalue weighted by Gasteiger charge is -2.30. The van der Waals surface area contributed by atoms with Crippen molar-refractivity contribution in [2.45, 2.75) is 50.2 Å². The summed E-state index contributed by atoms with van der Waals surface area (Å²) < 4.78 is 7.57. The predicted octanol–water partition coefficient (Wildman–Crippen LogP) is 3.68. The number of hydrogen-bond donors (Lipinski definition) is 1. The third kappa shape index (κ3) is 4.49. The van der Waals surface area contributed by atoms with Crippen molar-refractivity contribution in [2.75, 3.05) is 13.3 Å². The number of nitrogens with zero attached hydrogens (tertiary/aromatic N) is 4. The number of fused-ring (bicyclic) bond motifs is 2. The van der Waals surface area contributed by atoms with E-state index in [2.05, 4.69) is 40.9 Å². The van der Waals surface area contributed by atoms with Crippen molar-refractivity contribution in [3.8, 4) is 6.07 Å². The van der Waals surface area contributed by atoms with Crippen LogP contribution < -0.4 is 10.9 Å². The molecular weight excluding hydrogens is 454 g/mol. The molecule has 0 amide bonds. The molecule has 0 radical (unpaired) electrons. The van der Waals surface area contributed by atoms with Gasteiger partial charge in [-0.2, -0.15) is 5.26 Å². The van der Waals surface area contributed by atoms with Gasteiger partial charge in [-0.15, -0.1) is 0 Å². The molecule has 2 aromatic rings. The number of nitriles is 1. The fourth-order valence-electron chi connectivity index (χ4n) is 4.94. The molecule has 7 nitrogen and oxygen atoms in total. The van der Waals surface area contributed by atoms with Crippen LogP contribution >= 0.6 is 0 Å². The Balaban J connectivity index is 1.41. The standard InChI is InChI=1S/C27H31N5O2Si/c1-35(2,3)13-12-34-19-31-11-10-23-25(29-18-30-26(23)31)22-8-9-24(33)32(16-22)27(17-28)14-20-6-4-5-7-21(20)15-27/h4-11,16,18,26H,12-15,19H2,1-3H3,(H,29,30). The SMILES string of the molecule is C[Si](C)(C)CCOCN1C=CC2=C(c3ccc(=O)n(C4(C#N)Cc5ccccc5C4)c3)N=CNC21. The first-order valence-corrected chi connectivity index (χ1v) is 15.8. The summed E-state index contributed by atoms with van der Waals surface area (Å²) >= 11 is 0. The Morgan fingerprint density at radius 3 is 2.63 bits per heavy atom. The van der Waals surface area contributed by atoms with Crippen LogP contribution in [0.25, 0.3) is 5.70 Å². The van der Waals surface area contributed by atoms with Crippen molar-refractivity contribution in [3.05, 3.63) is 87.5 Å². The summed E-state index contributed by atoms with van der Waals surface area (Å²) in [5, 5.41) is 13.5. The molecule has 0 bridgehead atoms. The summed E-state index contributed by atoms with van der Waals surface area (Å²) in [6.07, 6.45) is 8.54. The van der Waals surface area contributed by atoms with Gasteiger partial charge in [0, 0.05) is 57.1 Å². The minimum Gasteiger partial charge on any atom is -0.361 e. The normalized spacial score (nSPS) is 19.9. The molecule has 0 spiro atoms. The van der Waals surface area contributed by atoms with E-state index in [9.17, 15) is 10.1 Å². The lowest BCUT2D eigenvalue weighted by Crippen LogP contribution is -2.43. The Hall–Kier alpha value is -3.41. The van der Waals surface area contributed by atoms with Crippen LogP contribution in [0.5, 0.6) is 0 Å². The molecule has 5 rings (SSSR count). The molecule has 0 saturated heterocycles. The fraction of sp³-hybridized carbons (Fsp3) is 0.370. The molecule has 1 atom stereocenters. The van der Waals surface area contributed by atoms with Gasteiger partial charge >= 0.3 is 0 Å². The predicted molar refractivity (Wildman–Crippen MR) is 140 cm³/mol. The smallest absolute Gasteiger partial charge is 0.251 e. The van der Waals surface area contributed by atoms with Gasteiger partial charge in [0.2, 0.25) is 0 Å². The molecular formula is C27H31N5O2Si. The van der Waals surface area contributed by atoms with Crippen LogP contribution in [0.1, 0.15) is 16.7 Å². The maximum atomic E-state index is 13.0. The molecule has 2 aliphatic heterocycles. The number of aromatic nitrogens is 1. The van der Waals surface area contributed by atoms with Crippen LogP contribution in [-0.4, -0.2) is 43.4 Å². The molecule has 1 unspecified atom stereocenters. The van der Waals surface area contributed by atoms with Gasteiger partial charge < -0.3 is 15.0 Å². The van der Waals surface area contributed by atoms with E-state index >= 15 is 0 Å². The molecule has 180 valence electrons. The van der Waals surface area contributed by atoms with Crippen molar-refractivity contribution < 1.29 is 4.74 Å². The highest BCUT2D eigenvalue weighted by Crippen LogP contribution is 2.36. The average molecular weight is 486 g/mol. The van der Waals surface area contributed by atoms with Crippen LogP contribution in [-0.2, 0) is 23.1 Å². The molecule has 0 saturated carbocycles. The summed E-state index contributed by atoms with van der Waals surface area (Å²) in [4.78, 5) is 19.7. The second-order valence-electron chi connectivity index (χ2n) is 10.7. The van der Waals surface area contributed by atoms with E-state index in [0.717, 1.165) is 40.6 Å². The van der Waals surface area contributed by atoms with Crippen LogP contribution in [0.2, 0.25) is 25.7 Å². The van der Waals surface area contributed by atoms with Crippen molar-refractivity contribution in [2.24, 2.45) is 4.99 Å². The molecule has 3 heterocycles.